The van der Waals surface area contributed by atoms with Crippen molar-refractivity contribution in [1.82, 2.24) is 20.4 Å². The summed E-state index contributed by atoms with van der Waals surface area (Å²) < 4.78 is 10.6. The molecular formula is C20H16N4O5. The smallest absolute Gasteiger partial charge is 0.264 e. The van der Waals surface area contributed by atoms with Gasteiger partial charge in [-0.05, 0) is 24.3 Å². The first-order valence-corrected chi connectivity index (χ1v) is 8.83. The number of nitrogens with zero attached hydrogens (tertiary/aromatic N) is 3. The highest BCUT2D eigenvalue weighted by Crippen LogP contribution is 2.21. The second-order valence-electron chi connectivity index (χ2n) is 6.22. The normalized spacial score (nSPS) is 12.8. The molecule has 2 heterocycles. The zero-order valence-electron chi connectivity index (χ0n) is 15.2. The quantitative estimate of drug-likeness (QED) is 0.607. The first-order valence-electron chi connectivity index (χ1n) is 8.83. The monoisotopic (exact) mass is 392 g/mol. The van der Waals surface area contributed by atoms with Crippen molar-refractivity contribution >= 4 is 17.7 Å². The second-order valence-corrected chi connectivity index (χ2v) is 6.22. The second kappa shape index (κ2) is 7.93. The molecule has 4 rings (SSSR count). The lowest BCUT2D eigenvalue weighted by Gasteiger charge is -2.12. The summed E-state index contributed by atoms with van der Waals surface area (Å²) in [6.45, 7) is -0.287. The van der Waals surface area contributed by atoms with Crippen LogP contribution in [-0.2, 0) is 17.9 Å². The molecule has 0 saturated carbocycles. The third-order valence-corrected chi connectivity index (χ3v) is 4.24. The molecule has 1 aromatic heterocycles. The Balaban J connectivity index is 1.28. The molecule has 1 aliphatic heterocycles. The Morgan fingerprint density at radius 2 is 1.66 bits per heavy atom. The van der Waals surface area contributed by atoms with Crippen LogP contribution in [0.1, 0.15) is 32.4 Å². The minimum Gasteiger partial charge on any atom is -0.484 e. The number of aromatic nitrogens is 2. The summed E-state index contributed by atoms with van der Waals surface area (Å²) in [4.78, 5) is 41.8. The van der Waals surface area contributed by atoms with Crippen molar-refractivity contribution < 1.29 is 23.6 Å². The molecule has 0 atom stereocenters. The molecule has 0 spiro atoms. The minimum absolute atomic E-state index is 0.00314. The van der Waals surface area contributed by atoms with E-state index in [1.165, 1.54) is 0 Å². The lowest BCUT2D eigenvalue weighted by molar-refractivity contribution is -0.121. The molecule has 0 saturated heterocycles. The SMILES string of the molecule is O=C(CN1C(=O)c2ccccc2C1=O)NCc1noc(COc2ccccc2)n1. The molecule has 0 bridgehead atoms. The Morgan fingerprint density at radius 1 is 1.00 bits per heavy atom. The van der Waals surface area contributed by atoms with Crippen LogP contribution < -0.4 is 10.1 Å². The molecule has 9 heteroatoms. The lowest BCUT2D eigenvalue weighted by atomic mass is 10.1. The number of rotatable bonds is 7. The molecule has 0 unspecified atom stereocenters. The van der Waals surface area contributed by atoms with Crippen molar-refractivity contribution in [1.29, 1.82) is 0 Å². The van der Waals surface area contributed by atoms with Gasteiger partial charge in [0.15, 0.2) is 12.4 Å². The zero-order chi connectivity index (χ0) is 20.2. The Labute approximate surface area is 165 Å². The van der Waals surface area contributed by atoms with Gasteiger partial charge in [-0.3, -0.25) is 19.3 Å². The highest BCUT2D eigenvalue weighted by molar-refractivity contribution is 6.22. The zero-order valence-corrected chi connectivity index (χ0v) is 15.2. The number of nitrogens with one attached hydrogen (secondary N) is 1. The molecule has 0 fully saturated rings. The minimum atomic E-state index is -0.508. The van der Waals surface area contributed by atoms with Gasteiger partial charge in [0.2, 0.25) is 5.91 Å². The van der Waals surface area contributed by atoms with E-state index in [1.54, 1.807) is 36.4 Å². The van der Waals surface area contributed by atoms with E-state index in [0.717, 1.165) is 4.90 Å². The largest absolute Gasteiger partial charge is 0.484 e. The first kappa shape index (κ1) is 18.4. The van der Waals surface area contributed by atoms with Gasteiger partial charge in [-0.25, -0.2) is 0 Å². The number of carbonyl (C=O) groups excluding carboxylic acids is 3. The molecule has 0 aliphatic carbocycles. The Morgan fingerprint density at radius 3 is 2.34 bits per heavy atom. The third kappa shape index (κ3) is 3.98. The fourth-order valence-electron chi connectivity index (χ4n) is 2.84. The van der Waals surface area contributed by atoms with E-state index in [1.807, 2.05) is 18.2 Å². The van der Waals surface area contributed by atoms with Gasteiger partial charge < -0.3 is 14.6 Å². The fourth-order valence-corrected chi connectivity index (χ4v) is 2.84. The summed E-state index contributed by atoms with van der Waals surface area (Å²) in [7, 11) is 0. The summed E-state index contributed by atoms with van der Waals surface area (Å²) in [5.41, 5.74) is 0.595. The van der Waals surface area contributed by atoms with Gasteiger partial charge in [0.25, 0.3) is 17.7 Å². The maximum absolute atomic E-state index is 12.3. The van der Waals surface area contributed by atoms with Crippen LogP contribution in [0, 0.1) is 0 Å². The van der Waals surface area contributed by atoms with Gasteiger partial charge in [-0.1, -0.05) is 35.5 Å². The van der Waals surface area contributed by atoms with Crippen molar-refractivity contribution in [2.24, 2.45) is 0 Å². The summed E-state index contributed by atoms with van der Waals surface area (Å²) in [5, 5.41) is 6.34. The molecule has 3 amide bonds. The van der Waals surface area contributed by atoms with E-state index in [0.29, 0.717) is 16.9 Å². The number of amides is 3. The van der Waals surface area contributed by atoms with Crippen molar-refractivity contribution in [3.05, 3.63) is 77.4 Å². The molecule has 2 aromatic carbocycles. The van der Waals surface area contributed by atoms with Crippen LogP contribution in [0.4, 0.5) is 0 Å². The van der Waals surface area contributed by atoms with Gasteiger partial charge in [-0.2, -0.15) is 4.98 Å². The number of para-hydroxylation sites is 1. The summed E-state index contributed by atoms with van der Waals surface area (Å²) in [6.07, 6.45) is 0. The van der Waals surface area contributed by atoms with Crippen LogP contribution in [0.3, 0.4) is 0 Å². The van der Waals surface area contributed by atoms with E-state index in [9.17, 15) is 14.4 Å². The molecular weight excluding hydrogens is 376 g/mol. The van der Waals surface area contributed by atoms with Crippen LogP contribution >= 0.6 is 0 Å². The van der Waals surface area contributed by atoms with Gasteiger partial charge in [0.05, 0.1) is 17.7 Å². The van der Waals surface area contributed by atoms with Gasteiger partial charge >= 0.3 is 0 Å². The molecule has 0 radical (unpaired) electrons. The van der Waals surface area contributed by atoms with Crippen LogP contribution in [-0.4, -0.2) is 39.3 Å². The highest BCUT2D eigenvalue weighted by Gasteiger charge is 2.36. The average molecular weight is 392 g/mol. The molecule has 3 aromatic rings. The van der Waals surface area contributed by atoms with E-state index in [2.05, 4.69) is 15.5 Å². The van der Waals surface area contributed by atoms with Crippen LogP contribution in [0.2, 0.25) is 0 Å². The Kier molecular flexibility index (Phi) is 5.02. The number of ether oxygens (including phenoxy) is 1. The average Bonchev–Trinajstić information content (AvgIpc) is 3.30. The number of hydrogen-bond acceptors (Lipinski definition) is 7. The van der Waals surface area contributed by atoms with E-state index < -0.39 is 17.7 Å². The summed E-state index contributed by atoms with van der Waals surface area (Å²) >= 11 is 0. The molecule has 9 nitrogen and oxygen atoms in total. The van der Waals surface area contributed by atoms with Crippen molar-refractivity contribution in [2.75, 3.05) is 6.54 Å². The van der Waals surface area contributed by atoms with Crippen LogP contribution in [0.15, 0.2) is 59.1 Å². The van der Waals surface area contributed by atoms with E-state index >= 15 is 0 Å². The maximum atomic E-state index is 12.3. The number of fused-ring (bicyclic) bond motifs is 1. The number of benzene rings is 2. The molecule has 1 aliphatic rings. The first-order chi connectivity index (χ1) is 14.1. The number of hydrogen-bond donors (Lipinski definition) is 1. The standard InChI is InChI=1S/C20H16N4O5/c25-17(11-24-19(26)14-8-4-5-9-15(14)20(24)27)21-10-16-22-18(29-23-16)12-28-13-6-2-1-3-7-13/h1-9H,10-12H2,(H,21,25). The van der Waals surface area contributed by atoms with E-state index in [4.69, 9.17) is 9.26 Å². The lowest BCUT2D eigenvalue weighted by Crippen LogP contribution is -2.40. The number of imide groups is 1. The topological polar surface area (TPSA) is 115 Å². The molecule has 29 heavy (non-hydrogen) atoms. The predicted octanol–water partition coefficient (Wildman–Crippen LogP) is 1.56. The van der Waals surface area contributed by atoms with Crippen LogP contribution in [0.25, 0.3) is 0 Å². The maximum Gasteiger partial charge on any atom is 0.264 e. The van der Waals surface area contributed by atoms with Crippen LogP contribution in [0.5, 0.6) is 5.75 Å². The van der Waals surface area contributed by atoms with E-state index in [-0.39, 0.29) is 31.4 Å². The van der Waals surface area contributed by atoms with Crippen molar-refractivity contribution in [2.45, 2.75) is 13.2 Å². The highest BCUT2D eigenvalue weighted by atomic mass is 16.5. The van der Waals surface area contributed by atoms with Gasteiger partial charge in [0, 0.05) is 0 Å². The predicted molar refractivity (Wildman–Crippen MR) is 98.7 cm³/mol. The molecule has 1 N–H and O–H groups in total. The Bertz CT molecular complexity index is 1030. The third-order valence-electron chi connectivity index (χ3n) is 4.24. The van der Waals surface area contributed by atoms with Gasteiger partial charge in [-0.15, -0.1) is 0 Å². The summed E-state index contributed by atoms with van der Waals surface area (Å²) in [6, 6.07) is 15.6. The van der Waals surface area contributed by atoms with Crippen molar-refractivity contribution in [3.63, 3.8) is 0 Å². The Hall–Kier alpha value is -4.01. The number of carbonyl (C=O) groups is 3. The van der Waals surface area contributed by atoms with Gasteiger partial charge in [0.1, 0.15) is 12.3 Å². The fraction of sp³-hybridized carbons (Fsp3) is 0.150. The van der Waals surface area contributed by atoms with Crippen molar-refractivity contribution in [3.8, 4) is 5.75 Å². The molecule has 146 valence electrons. The summed E-state index contributed by atoms with van der Waals surface area (Å²) in [5.74, 6) is -0.292.